The molecule has 0 heterocycles. The van der Waals surface area contributed by atoms with Crippen molar-refractivity contribution < 1.29 is 0 Å². The lowest BCUT2D eigenvalue weighted by Crippen LogP contribution is -2.36. The summed E-state index contributed by atoms with van der Waals surface area (Å²) in [6.45, 7) is 7.41. The number of nitrogens with one attached hydrogen (secondary N) is 1. The van der Waals surface area contributed by atoms with Crippen molar-refractivity contribution in [1.29, 1.82) is 0 Å². The third-order valence-electron chi connectivity index (χ3n) is 3.76. The zero-order chi connectivity index (χ0) is 9.97. The molecule has 2 fully saturated rings. The summed E-state index contributed by atoms with van der Waals surface area (Å²) in [5.41, 5.74) is 1.35. The lowest BCUT2D eigenvalue weighted by atomic mass is 9.71. The van der Waals surface area contributed by atoms with Gasteiger partial charge in [0.1, 0.15) is 0 Å². The molecule has 1 N–H and O–H groups in total. The summed E-state index contributed by atoms with van der Waals surface area (Å²) >= 11 is 0. The Morgan fingerprint density at radius 1 is 1.21 bits per heavy atom. The summed E-state index contributed by atoms with van der Waals surface area (Å²) < 4.78 is 0. The topological polar surface area (TPSA) is 12.0 Å². The maximum atomic E-state index is 3.98. The second-order valence-electron chi connectivity index (χ2n) is 5.28. The molecule has 2 unspecified atom stereocenters. The molecule has 0 aromatic carbocycles. The zero-order valence-electron chi connectivity index (χ0n) is 9.39. The first-order chi connectivity index (χ1) is 6.75. The van der Waals surface area contributed by atoms with E-state index in [-0.39, 0.29) is 0 Å². The van der Waals surface area contributed by atoms with Gasteiger partial charge in [-0.2, -0.15) is 0 Å². The van der Waals surface area contributed by atoms with Crippen LogP contribution in [0.5, 0.6) is 0 Å². The van der Waals surface area contributed by atoms with Crippen LogP contribution >= 0.6 is 0 Å². The molecule has 2 aliphatic carbocycles. The van der Waals surface area contributed by atoms with Crippen molar-refractivity contribution in [3.05, 3.63) is 12.2 Å². The second kappa shape index (κ2) is 4.48. The molecule has 14 heavy (non-hydrogen) atoms. The Labute approximate surface area is 88.0 Å². The van der Waals surface area contributed by atoms with Crippen molar-refractivity contribution in [3.63, 3.8) is 0 Å². The van der Waals surface area contributed by atoms with Gasteiger partial charge in [-0.3, -0.25) is 0 Å². The van der Waals surface area contributed by atoms with Crippen LogP contribution in [0.1, 0.15) is 45.4 Å². The largest absolute Gasteiger partial charge is 0.314 e. The quantitative estimate of drug-likeness (QED) is 0.639. The van der Waals surface area contributed by atoms with Crippen LogP contribution in [0.3, 0.4) is 0 Å². The minimum Gasteiger partial charge on any atom is -0.314 e. The highest BCUT2D eigenvalue weighted by Gasteiger charge is 2.31. The average Bonchev–Trinajstić information content (AvgIpc) is 2.86. The van der Waals surface area contributed by atoms with Gasteiger partial charge >= 0.3 is 0 Å². The fourth-order valence-electron chi connectivity index (χ4n) is 2.32. The first-order valence-electron chi connectivity index (χ1n) is 6.13. The predicted molar refractivity (Wildman–Crippen MR) is 61.3 cm³/mol. The fraction of sp³-hybridized carbons (Fsp3) is 0.846. The molecule has 2 aliphatic rings. The Morgan fingerprint density at radius 3 is 2.43 bits per heavy atom. The van der Waals surface area contributed by atoms with E-state index in [1.165, 1.54) is 50.6 Å². The molecule has 0 aromatic rings. The molecule has 1 nitrogen and oxygen atoms in total. The van der Waals surface area contributed by atoms with E-state index in [9.17, 15) is 0 Å². The minimum atomic E-state index is 0.886. The highest BCUT2D eigenvalue weighted by molar-refractivity contribution is 4.92. The molecule has 0 amide bonds. The van der Waals surface area contributed by atoms with Gasteiger partial charge in [-0.25, -0.2) is 0 Å². The zero-order valence-corrected chi connectivity index (χ0v) is 9.39. The fourth-order valence-corrected chi connectivity index (χ4v) is 2.32. The van der Waals surface area contributed by atoms with E-state index in [1.54, 1.807) is 0 Å². The number of rotatable bonds is 6. The third kappa shape index (κ3) is 2.84. The second-order valence-corrected chi connectivity index (χ2v) is 5.28. The monoisotopic (exact) mass is 193 g/mol. The normalized spacial score (nSPS) is 31.2. The van der Waals surface area contributed by atoms with E-state index >= 15 is 0 Å². The molecule has 0 aromatic heterocycles. The van der Waals surface area contributed by atoms with E-state index in [4.69, 9.17) is 0 Å². The summed E-state index contributed by atoms with van der Waals surface area (Å²) in [5.74, 6) is 1.98. The average molecular weight is 193 g/mol. The summed E-state index contributed by atoms with van der Waals surface area (Å²) in [7, 11) is 0. The minimum absolute atomic E-state index is 0.886. The van der Waals surface area contributed by atoms with Crippen LogP contribution in [0.4, 0.5) is 0 Å². The molecule has 0 spiro atoms. The maximum absolute atomic E-state index is 3.98. The third-order valence-corrected chi connectivity index (χ3v) is 3.76. The van der Waals surface area contributed by atoms with Crippen LogP contribution in [0.15, 0.2) is 12.2 Å². The first-order valence-corrected chi connectivity index (χ1v) is 6.13. The molecule has 2 saturated carbocycles. The van der Waals surface area contributed by atoms with Crippen molar-refractivity contribution >= 4 is 0 Å². The maximum Gasteiger partial charge on any atom is 0.00683 e. The van der Waals surface area contributed by atoms with E-state index in [0.29, 0.717) is 0 Å². The van der Waals surface area contributed by atoms with E-state index in [2.05, 4.69) is 18.8 Å². The molecule has 0 aliphatic heterocycles. The van der Waals surface area contributed by atoms with Crippen molar-refractivity contribution in [2.75, 3.05) is 6.54 Å². The van der Waals surface area contributed by atoms with Crippen LogP contribution in [-0.4, -0.2) is 12.6 Å². The Balaban J connectivity index is 1.59. The molecule has 80 valence electrons. The van der Waals surface area contributed by atoms with Crippen molar-refractivity contribution in [3.8, 4) is 0 Å². The first kappa shape index (κ1) is 10.2. The van der Waals surface area contributed by atoms with Crippen LogP contribution in [-0.2, 0) is 0 Å². The van der Waals surface area contributed by atoms with Crippen LogP contribution in [0.25, 0.3) is 0 Å². The predicted octanol–water partition coefficient (Wildman–Crippen LogP) is 3.12. The lowest BCUT2D eigenvalue weighted by molar-refractivity contribution is 0.160. The van der Waals surface area contributed by atoms with Crippen molar-refractivity contribution in [2.24, 2.45) is 11.8 Å². The highest BCUT2D eigenvalue weighted by atomic mass is 14.9. The summed E-state index contributed by atoms with van der Waals surface area (Å²) in [6.07, 6.45) is 8.38. The van der Waals surface area contributed by atoms with Gasteiger partial charge in [0, 0.05) is 6.04 Å². The molecule has 0 saturated heterocycles. The summed E-state index contributed by atoms with van der Waals surface area (Å²) in [6, 6.07) is 0.886. The molecule has 1 heteroatoms. The van der Waals surface area contributed by atoms with Gasteiger partial charge in [-0.1, -0.05) is 5.57 Å². The lowest BCUT2D eigenvalue weighted by Gasteiger charge is -2.37. The Morgan fingerprint density at radius 2 is 1.93 bits per heavy atom. The van der Waals surface area contributed by atoms with Gasteiger partial charge < -0.3 is 5.32 Å². The van der Waals surface area contributed by atoms with E-state index < -0.39 is 0 Å². The van der Waals surface area contributed by atoms with Gasteiger partial charge in [0.2, 0.25) is 0 Å². The van der Waals surface area contributed by atoms with Gasteiger partial charge in [0.05, 0.1) is 0 Å². The van der Waals surface area contributed by atoms with Gasteiger partial charge in [0.25, 0.3) is 0 Å². The Bertz CT molecular complexity index is 205. The number of hydrogen-bond acceptors (Lipinski definition) is 1. The Hall–Kier alpha value is -0.300. The molecule has 0 radical (unpaired) electrons. The summed E-state index contributed by atoms with van der Waals surface area (Å²) in [4.78, 5) is 0. The highest BCUT2D eigenvalue weighted by Crippen LogP contribution is 2.38. The van der Waals surface area contributed by atoms with Crippen molar-refractivity contribution in [1.82, 2.24) is 5.32 Å². The van der Waals surface area contributed by atoms with Crippen LogP contribution in [0, 0.1) is 11.8 Å². The molecule has 2 atom stereocenters. The van der Waals surface area contributed by atoms with E-state index in [0.717, 1.165) is 17.9 Å². The molecular weight excluding hydrogens is 170 g/mol. The van der Waals surface area contributed by atoms with Crippen molar-refractivity contribution in [2.45, 2.75) is 51.5 Å². The molecule has 0 bridgehead atoms. The van der Waals surface area contributed by atoms with Gasteiger partial charge in [-0.15, -0.1) is 6.58 Å². The summed E-state index contributed by atoms with van der Waals surface area (Å²) in [5, 5.41) is 3.65. The van der Waals surface area contributed by atoms with Gasteiger partial charge in [-0.05, 0) is 63.8 Å². The standard InChI is InChI=1S/C13H23N/c1-10(2)3-4-11-5-6-12(11)9-14-13-7-8-13/h11-14H,1,3-9H2,2H3. The van der Waals surface area contributed by atoms with E-state index in [1.807, 2.05) is 0 Å². The Kier molecular flexibility index (Phi) is 3.27. The molecule has 2 rings (SSSR count). The van der Waals surface area contributed by atoms with Gasteiger partial charge in [0.15, 0.2) is 0 Å². The number of allylic oxidation sites excluding steroid dienone is 1. The molecular formula is C13H23N. The number of hydrogen-bond donors (Lipinski definition) is 1. The van der Waals surface area contributed by atoms with Crippen LogP contribution < -0.4 is 5.32 Å². The SMILES string of the molecule is C=C(C)CCC1CCC1CNC1CC1. The van der Waals surface area contributed by atoms with Crippen LogP contribution in [0.2, 0.25) is 0 Å². The smallest absolute Gasteiger partial charge is 0.00683 e.